The van der Waals surface area contributed by atoms with Gasteiger partial charge < -0.3 is 25.2 Å². The Morgan fingerprint density at radius 1 is 1.00 bits per heavy atom. The monoisotopic (exact) mass is 448 g/mol. The number of hydrogen-bond acceptors (Lipinski definition) is 5. The van der Waals surface area contributed by atoms with Crippen molar-refractivity contribution in [3.63, 3.8) is 0 Å². The maximum Gasteiger partial charge on any atom is 0.407 e. The molecule has 1 aromatic carbocycles. The summed E-state index contributed by atoms with van der Waals surface area (Å²) in [4.78, 5) is 24.1. The minimum absolute atomic E-state index is 0.0309. The van der Waals surface area contributed by atoms with Crippen molar-refractivity contribution >= 4 is 12.0 Å². The lowest BCUT2D eigenvalue weighted by Gasteiger charge is -2.26. The second kappa shape index (κ2) is 10.2. The number of nitrogens with one attached hydrogen (secondary N) is 2. The van der Waals surface area contributed by atoms with Crippen molar-refractivity contribution in [3.8, 4) is 5.75 Å². The molecule has 0 fully saturated rings. The van der Waals surface area contributed by atoms with Crippen LogP contribution in [0.25, 0.3) is 0 Å². The van der Waals surface area contributed by atoms with Crippen LogP contribution in [-0.4, -0.2) is 46.6 Å². The van der Waals surface area contributed by atoms with E-state index < -0.39 is 42.3 Å². The molecule has 0 saturated heterocycles. The number of ether oxygens (including phenoxy) is 2. The summed E-state index contributed by atoms with van der Waals surface area (Å²) in [6.07, 6.45) is -9.61. The molecule has 1 rings (SSSR count). The summed E-state index contributed by atoms with van der Waals surface area (Å²) in [6.45, 7) is 10.3. The van der Waals surface area contributed by atoms with Gasteiger partial charge in [-0.3, -0.25) is 4.79 Å². The zero-order valence-corrected chi connectivity index (χ0v) is 18.6. The Hall–Kier alpha value is -2.49. The number of aliphatic hydroxyl groups is 1. The third-order valence-electron chi connectivity index (χ3n) is 3.62. The molecule has 0 saturated carbocycles. The average molecular weight is 448 g/mol. The van der Waals surface area contributed by atoms with Crippen LogP contribution < -0.4 is 15.4 Å². The van der Waals surface area contributed by atoms with Gasteiger partial charge >= 0.3 is 12.3 Å². The van der Waals surface area contributed by atoms with E-state index in [1.807, 2.05) is 26.1 Å². The SMILES string of the molecule is CC(C)(C)OC(=O)NC(CC(F)(F)F)C(O)C(=O)NCc1ccc(OC(C)(C)C)cc1. The van der Waals surface area contributed by atoms with E-state index >= 15 is 0 Å². The van der Waals surface area contributed by atoms with Crippen molar-refractivity contribution in [1.29, 1.82) is 0 Å². The van der Waals surface area contributed by atoms with Crippen molar-refractivity contribution in [1.82, 2.24) is 10.6 Å². The van der Waals surface area contributed by atoms with Gasteiger partial charge in [0.2, 0.25) is 0 Å². The van der Waals surface area contributed by atoms with Gasteiger partial charge in [-0.2, -0.15) is 13.2 Å². The molecular formula is C21H31F3N2O5. The van der Waals surface area contributed by atoms with Crippen molar-refractivity contribution in [3.05, 3.63) is 29.8 Å². The highest BCUT2D eigenvalue weighted by Gasteiger charge is 2.39. The summed E-state index contributed by atoms with van der Waals surface area (Å²) < 4.78 is 49.2. The molecule has 0 aliphatic carbocycles. The summed E-state index contributed by atoms with van der Waals surface area (Å²) in [5.41, 5.74) is -0.688. The van der Waals surface area contributed by atoms with Crippen molar-refractivity contribution in [2.45, 2.75) is 84.0 Å². The number of benzene rings is 1. The molecule has 2 atom stereocenters. The van der Waals surface area contributed by atoms with E-state index in [0.29, 0.717) is 11.3 Å². The number of alkyl carbamates (subject to hydrolysis) is 1. The molecule has 10 heteroatoms. The molecule has 31 heavy (non-hydrogen) atoms. The highest BCUT2D eigenvalue weighted by molar-refractivity contribution is 5.82. The van der Waals surface area contributed by atoms with E-state index in [1.54, 1.807) is 24.3 Å². The van der Waals surface area contributed by atoms with E-state index in [9.17, 15) is 27.9 Å². The number of carbonyl (C=O) groups is 2. The third-order valence-corrected chi connectivity index (χ3v) is 3.62. The molecule has 0 aromatic heterocycles. The number of carbonyl (C=O) groups excluding carboxylic acids is 2. The molecule has 2 amide bonds. The number of amides is 2. The number of halogens is 3. The first-order valence-corrected chi connectivity index (χ1v) is 9.75. The van der Waals surface area contributed by atoms with Gasteiger partial charge in [-0.15, -0.1) is 0 Å². The van der Waals surface area contributed by atoms with E-state index in [4.69, 9.17) is 9.47 Å². The first kappa shape index (κ1) is 26.5. The van der Waals surface area contributed by atoms with Crippen LogP contribution in [0.4, 0.5) is 18.0 Å². The van der Waals surface area contributed by atoms with Crippen LogP contribution in [0.1, 0.15) is 53.5 Å². The molecule has 3 N–H and O–H groups in total. The molecule has 0 aliphatic rings. The Bertz CT molecular complexity index is 737. The molecule has 0 aliphatic heterocycles. The van der Waals surface area contributed by atoms with Crippen LogP contribution in [0.15, 0.2) is 24.3 Å². The molecule has 0 radical (unpaired) electrons. The van der Waals surface area contributed by atoms with E-state index in [0.717, 1.165) is 0 Å². The lowest BCUT2D eigenvalue weighted by molar-refractivity contribution is -0.151. The molecule has 1 aromatic rings. The summed E-state index contributed by atoms with van der Waals surface area (Å²) >= 11 is 0. The Labute approximate surface area is 180 Å². The van der Waals surface area contributed by atoms with Gasteiger partial charge in [-0.25, -0.2) is 4.79 Å². The second-order valence-corrected chi connectivity index (χ2v) is 9.09. The highest BCUT2D eigenvalue weighted by Crippen LogP contribution is 2.23. The number of hydrogen-bond donors (Lipinski definition) is 3. The van der Waals surface area contributed by atoms with Crippen molar-refractivity contribution < 1.29 is 37.3 Å². The van der Waals surface area contributed by atoms with Gasteiger partial charge in [0, 0.05) is 6.54 Å². The Morgan fingerprint density at radius 3 is 2.00 bits per heavy atom. The maximum absolute atomic E-state index is 12.9. The first-order valence-electron chi connectivity index (χ1n) is 9.75. The van der Waals surface area contributed by atoms with Crippen LogP contribution in [0.5, 0.6) is 5.75 Å². The molecule has 0 heterocycles. The van der Waals surface area contributed by atoms with Crippen molar-refractivity contribution in [2.75, 3.05) is 0 Å². The fraction of sp³-hybridized carbons (Fsp3) is 0.619. The topological polar surface area (TPSA) is 96.9 Å². The summed E-state index contributed by atoms with van der Waals surface area (Å²) in [5.74, 6) is -0.435. The number of aliphatic hydroxyl groups excluding tert-OH is 1. The molecule has 0 spiro atoms. The van der Waals surface area contributed by atoms with Gasteiger partial charge in [0.05, 0.1) is 12.5 Å². The Morgan fingerprint density at radius 2 is 1.55 bits per heavy atom. The fourth-order valence-corrected chi connectivity index (χ4v) is 2.46. The Kier molecular flexibility index (Phi) is 8.74. The summed E-state index contributed by atoms with van der Waals surface area (Å²) in [6, 6.07) is 4.84. The highest BCUT2D eigenvalue weighted by atomic mass is 19.4. The van der Waals surface area contributed by atoms with E-state index in [1.165, 1.54) is 20.8 Å². The zero-order valence-electron chi connectivity index (χ0n) is 18.6. The lowest BCUT2D eigenvalue weighted by atomic mass is 10.1. The van der Waals surface area contributed by atoms with Gasteiger partial charge in [0.15, 0.2) is 6.10 Å². The molecular weight excluding hydrogens is 417 g/mol. The van der Waals surface area contributed by atoms with Crippen LogP contribution in [0.3, 0.4) is 0 Å². The molecule has 176 valence electrons. The smallest absolute Gasteiger partial charge is 0.407 e. The van der Waals surface area contributed by atoms with Gasteiger partial charge in [0.25, 0.3) is 5.91 Å². The number of rotatable bonds is 7. The molecule has 7 nitrogen and oxygen atoms in total. The number of alkyl halides is 3. The van der Waals surface area contributed by atoms with Crippen LogP contribution >= 0.6 is 0 Å². The second-order valence-electron chi connectivity index (χ2n) is 9.09. The standard InChI is InChI=1S/C21H31F3N2O5/c1-19(2,3)30-14-9-7-13(8-10-14)12-25-17(28)16(27)15(11-21(22,23)24)26-18(29)31-20(4,5)6/h7-10,15-16,27H,11-12H2,1-6H3,(H,25,28)(H,26,29). The molecule has 2 unspecified atom stereocenters. The maximum atomic E-state index is 12.9. The zero-order chi connectivity index (χ0) is 24.0. The predicted octanol–water partition coefficient (Wildman–Crippen LogP) is 3.69. The van der Waals surface area contributed by atoms with Crippen LogP contribution in [0, 0.1) is 0 Å². The molecule has 0 bridgehead atoms. The normalized spacial score (nSPS) is 14.4. The summed E-state index contributed by atoms with van der Waals surface area (Å²) in [5, 5.41) is 14.4. The van der Waals surface area contributed by atoms with E-state index in [2.05, 4.69) is 5.32 Å². The van der Waals surface area contributed by atoms with Gasteiger partial charge in [-0.05, 0) is 59.2 Å². The third kappa shape index (κ3) is 11.5. The van der Waals surface area contributed by atoms with Gasteiger partial charge in [0.1, 0.15) is 17.0 Å². The van der Waals surface area contributed by atoms with Gasteiger partial charge in [-0.1, -0.05) is 12.1 Å². The minimum atomic E-state index is -4.72. The van der Waals surface area contributed by atoms with Crippen LogP contribution in [0.2, 0.25) is 0 Å². The van der Waals surface area contributed by atoms with Crippen LogP contribution in [-0.2, 0) is 16.1 Å². The average Bonchev–Trinajstić information content (AvgIpc) is 2.55. The Balaban J connectivity index is 2.75. The quantitative estimate of drug-likeness (QED) is 0.591. The minimum Gasteiger partial charge on any atom is -0.488 e. The lowest BCUT2D eigenvalue weighted by Crippen LogP contribution is -2.53. The predicted molar refractivity (Wildman–Crippen MR) is 109 cm³/mol. The first-order chi connectivity index (χ1) is 14.0. The summed E-state index contributed by atoms with van der Waals surface area (Å²) in [7, 11) is 0. The largest absolute Gasteiger partial charge is 0.488 e. The van der Waals surface area contributed by atoms with Crippen molar-refractivity contribution in [2.24, 2.45) is 0 Å². The fourth-order valence-electron chi connectivity index (χ4n) is 2.46. The van der Waals surface area contributed by atoms with E-state index in [-0.39, 0.29) is 12.1 Å².